The topological polar surface area (TPSA) is 92.8 Å². The summed E-state index contributed by atoms with van der Waals surface area (Å²) in [5.74, 6) is -0.622. The highest BCUT2D eigenvalue weighted by Crippen LogP contribution is 2.28. The van der Waals surface area contributed by atoms with Crippen LogP contribution in [0.1, 0.15) is 6.42 Å². The number of benzene rings is 1. The minimum absolute atomic E-state index is 0.126. The highest BCUT2D eigenvalue weighted by molar-refractivity contribution is 7.91. The number of aromatic nitrogens is 1. The number of aryl methyl sites for hydroxylation is 1. The van der Waals surface area contributed by atoms with Gasteiger partial charge in [0, 0.05) is 39.1 Å². The highest BCUT2D eigenvalue weighted by atomic mass is 35.5. The standard InChI is InChI=1S/C18H18ClN3O5S2/c19-15-5-6-17(28-15)29(25,26)21-11-9-20(10-12-21)16(23)7-8-22-13-3-1-2-4-14(13)27-18(22)24/h1-6H,7-12H2. The van der Waals surface area contributed by atoms with Crippen molar-refractivity contribution in [2.24, 2.45) is 0 Å². The summed E-state index contributed by atoms with van der Waals surface area (Å²) >= 11 is 6.86. The van der Waals surface area contributed by atoms with Gasteiger partial charge in [0.1, 0.15) is 4.21 Å². The third kappa shape index (κ3) is 3.97. The summed E-state index contributed by atoms with van der Waals surface area (Å²) in [6, 6.07) is 10.1. The van der Waals surface area contributed by atoms with Crippen LogP contribution in [-0.4, -0.2) is 54.3 Å². The van der Waals surface area contributed by atoms with E-state index in [-0.39, 0.29) is 36.2 Å². The zero-order valence-electron chi connectivity index (χ0n) is 15.3. The number of hydrogen-bond acceptors (Lipinski definition) is 6. The van der Waals surface area contributed by atoms with Crippen LogP contribution in [0.2, 0.25) is 4.34 Å². The third-order valence-electron chi connectivity index (χ3n) is 4.86. The van der Waals surface area contributed by atoms with Gasteiger partial charge < -0.3 is 9.32 Å². The van der Waals surface area contributed by atoms with E-state index in [1.165, 1.54) is 14.9 Å². The Balaban J connectivity index is 1.37. The van der Waals surface area contributed by atoms with Gasteiger partial charge in [0.05, 0.1) is 9.85 Å². The predicted molar refractivity (Wildman–Crippen MR) is 110 cm³/mol. The summed E-state index contributed by atoms with van der Waals surface area (Å²) in [7, 11) is -3.60. The molecule has 0 atom stereocenters. The molecule has 2 aromatic heterocycles. The molecule has 3 aromatic rings. The first kappa shape index (κ1) is 20.1. The Morgan fingerprint density at radius 1 is 1.10 bits per heavy atom. The fourth-order valence-corrected chi connectivity index (χ4v) is 6.39. The van der Waals surface area contributed by atoms with Crippen molar-refractivity contribution in [1.29, 1.82) is 0 Å². The van der Waals surface area contributed by atoms with Crippen LogP contribution in [0.5, 0.6) is 0 Å². The van der Waals surface area contributed by atoms with Gasteiger partial charge in [-0.05, 0) is 24.3 Å². The number of oxazole rings is 1. The molecule has 1 fully saturated rings. The average Bonchev–Trinajstić information content (AvgIpc) is 3.29. The molecule has 1 aliphatic heterocycles. The lowest BCUT2D eigenvalue weighted by Gasteiger charge is -2.33. The van der Waals surface area contributed by atoms with Gasteiger partial charge in [0.2, 0.25) is 5.91 Å². The minimum Gasteiger partial charge on any atom is -0.408 e. The van der Waals surface area contributed by atoms with Crippen molar-refractivity contribution < 1.29 is 17.6 Å². The highest BCUT2D eigenvalue weighted by Gasteiger charge is 2.31. The Morgan fingerprint density at radius 3 is 2.52 bits per heavy atom. The number of rotatable bonds is 5. The Hall–Kier alpha value is -2.14. The van der Waals surface area contributed by atoms with E-state index in [0.29, 0.717) is 28.5 Å². The summed E-state index contributed by atoms with van der Waals surface area (Å²) in [6.45, 7) is 1.26. The molecular weight excluding hydrogens is 438 g/mol. The van der Waals surface area contributed by atoms with E-state index in [1.807, 2.05) is 0 Å². The monoisotopic (exact) mass is 455 g/mol. The molecule has 0 radical (unpaired) electrons. The van der Waals surface area contributed by atoms with Crippen LogP contribution < -0.4 is 5.76 Å². The number of piperazine rings is 1. The molecule has 1 saturated heterocycles. The number of para-hydroxylation sites is 2. The maximum Gasteiger partial charge on any atom is 0.419 e. The van der Waals surface area contributed by atoms with Crippen LogP contribution in [0.3, 0.4) is 0 Å². The second kappa shape index (κ2) is 7.94. The van der Waals surface area contributed by atoms with E-state index in [2.05, 4.69) is 0 Å². The third-order valence-corrected chi connectivity index (χ3v) is 8.45. The van der Waals surface area contributed by atoms with Crippen molar-refractivity contribution in [2.75, 3.05) is 26.2 Å². The first-order chi connectivity index (χ1) is 13.9. The van der Waals surface area contributed by atoms with Crippen LogP contribution in [-0.2, 0) is 21.4 Å². The number of sulfonamides is 1. The average molecular weight is 456 g/mol. The molecule has 11 heteroatoms. The molecule has 154 valence electrons. The van der Waals surface area contributed by atoms with Crippen LogP contribution in [0, 0.1) is 0 Å². The van der Waals surface area contributed by atoms with E-state index >= 15 is 0 Å². The van der Waals surface area contributed by atoms with Gasteiger partial charge in [0.15, 0.2) is 5.58 Å². The summed E-state index contributed by atoms with van der Waals surface area (Å²) in [5, 5.41) is 0. The minimum atomic E-state index is -3.60. The van der Waals surface area contributed by atoms with E-state index in [9.17, 15) is 18.0 Å². The lowest BCUT2D eigenvalue weighted by molar-refractivity contribution is -0.132. The molecule has 0 saturated carbocycles. The fourth-order valence-electron chi connectivity index (χ4n) is 3.33. The van der Waals surface area contributed by atoms with Gasteiger partial charge >= 0.3 is 5.76 Å². The van der Waals surface area contributed by atoms with E-state index < -0.39 is 15.8 Å². The fraction of sp³-hybridized carbons (Fsp3) is 0.333. The number of carbonyl (C=O) groups is 1. The van der Waals surface area contributed by atoms with Gasteiger partial charge in [-0.2, -0.15) is 4.31 Å². The molecular formula is C18H18ClN3O5S2. The number of thiophene rings is 1. The largest absolute Gasteiger partial charge is 0.419 e. The quantitative estimate of drug-likeness (QED) is 0.588. The van der Waals surface area contributed by atoms with Gasteiger partial charge in [-0.1, -0.05) is 23.7 Å². The van der Waals surface area contributed by atoms with Crippen molar-refractivity contribution >= 4 is 50.0 Å². The van der Waals surface area contributed by atoms with Gasteiger partial charge in [-0.25, -0.2) is 13.2 Å². The molecule has 0 unspecified atom stereocenters. The molecule has 0 spiro atoms. The number of amides is 1. The molecule has 0 N–H and O–H groups in total. The van der Waals surface area contributed by atoms with Crippen LogP contribution >= 0.6 is 22.9 Å². The zero-order valence-corrected chi connectivity index (χ0v) is 17.7. The molecule has 0 bridgehead atoms. The Kier molecular flexibility index (Phi) is 5.52. The van der Waals surface area contributed by atoms with Crippen molar-refractivity contribution in [1.82, 2.24) is 13.8 Å². The summed E-state index contributed by atoms with van der Waals surface area (Å²) in [6.07, 6.45) is 0.136. The van der Waals surface area contributed by atoms with E-state index in [0.717, 1.165) is 11.3 Å². The van der Waals surface area contributed by atoms with Gasteiger partial charge in [-0.15, -0.1) is 11.3 Å². The molecule has 0 aliphatic carbocycles. The van der Waals surface area contributed by atoms with Crippen LogP contribution in [0.15, 0.2) is 49.8 Å². The zero-order chi connectivity index (χ0) is 20.6. The maximum atomic E-state index is 12.6. The Bertz CT molecular complexity index is 1210. The molecule has 29 heavy (non-hydrogen) atoms. The van der Waals surface area contributed by atoms with E-state index in [4.69, 9.17) is 16.0 Å². The summed E-state index contributed by atoms with van der Waals surface area (Å²) in [5.41, 5.74) is 1.13. The normalized spacial score (nSPS) is 15.8. The Labute approximate surface area is 175 Å². The molecule has 4 rings (SSSR count). The number of nitrogens with zero attached hydrogens (tertiary/aromatic N) is 3. The smallest absolute Gasteiger partial charge is 0.408 e. The lowest BCUT2D eigenvalue weighted by atomic mass is 10.3. The van der Waals surface area contributed by atoms with Crippen LogP contribution in [0.4, 0.5) is 0 Å². The summed E-state index contributed by atoms with van der Waals surface area (Å²) < 4.78 is 33.9. The number of fused-ring (bicyclic) bond motifs is 1. The predicted octanol–water partition coefficient (Wildman–Crippen LogP) is 2.23. The SMILES string of the molecule is O=C(CCn1c(=O)oc2ccccc21)N1CCN(S(=O)(=O)c2ccc(Cl)s2)CC1. The molecule has 1 aliphatic rings. The molecule has 3 heterocycles. The second-order valence-corrected chi connectivity index (χ2v) is 10.5. The Morgan fingerprint density at radius 2 is 1.83 bits per heavy atom. The van der Waals surface area contributed by atoms with Gasteiger partial charge in [0.25, 0.3) is 10.0 Å². The lowest BCUT2D eigenvalue weighted by Crippen LogP contribution is -2.50. The maximum absolute atomic E-state index is 12.6. The number of halogens is 1. The van der Waals surface area contributed by atoms with Crippen molar-refractivity contribution in [3.05, 3.63) is 51.3 Å². The number of hydrogen-bond donors (Lipinski definition) is 0. The van der Waals surface area contributed by atoms with Crippen LogP contribution in [0.25, 0.3) is 11.1 Å². The van der Waals surface area contributed by atoms with Crippen molar-refractivity contribution in [3.63, 3.8) is 0 Å². The first-order valence-electron chi connectivity index (χ1n) is 8.98. The molecule has 1 amide bonds. The van der Waals surface area contributed by atoms with Crippen molar-refractivity contribution in [2.45, 2.75) is 17.2 Å². The van der Waals surface area contributed by atoms with E-state index in [1.54, 1.807) is 35.2 Å². The number of carbonyl (C=O) groups excluding carboxylic acids is 1. The first-order valence-corrected chi connectivity index (χ1v) is 11.6. The second-order valence-electron chi connectivity index (χ2n) is 6.58. The van der Waals surface area contributed by atoms with Gasteiger partial charge in [-0.3, -0.25) is 9.36 Å². The van der Waals surface area contributed by atoms with Crippen molar-refractivity contribution in [3.8, 4) is 0 Å². The summed E-state index contributed by atoms with van der Waals surface area (Å²) in [4.78, 5) is 26.2. The molecule has 8 nitrogen and oxygen atoms in total. The molecule has 1 aromatic carbocycles.